The molecule has 28 heavy (non-hydrogen) atoms. The van der Waals surface area contributed by atoms with Crippen LogP contribution < -0.4 is 11.0 Å². The van der Waals surface area contributed by atoms with E-state index in [-0.39, 0.29) is 17.6 Å². The summed E-state index contributed by atoms with van der Waals surface area (Å²) in [5, 5.41) is 7.81. The number of aryl methyl sites for hydroxylation is 2. The lowest BCUT2D eigenvalue weighted by Gasteiger charge is -2.33. The molecule has 0 atom stereocenters. The first-order chi connectivity index (χ1) is 13.6. The number of esters is 1. The fourth-order valence-corrected chi connectivity index (χ4v) is 3.92. The van der Waals surface area contributed by atoms with E-state index in [1.54, 1.807) is 4.68 Å². The fraction of sp³-hybridized carbons (Fsp3) is 0.789. The number of rotatable bonds is 6. The lowest BCUT2D eigenvalue weighted by Crippen LogP contribution is -2.46. The summed E-state index contributed by atoms with van der Waals surface area (Å²) in [6.45, 7) is 6.44. The van der Waals surface area contributed by atoms with Gasteiger partial charge in [0, 0.05) is 45.7 Å². The van der Waals surface area contributed by atoms with Crippen molar-refractivity contribution in [3.63, 3.8) is 0 Å². The number of aromatic nitrogens is 3. The Bertz CT molecular complexity index is 745. The van der Waals surface area contributed by atoms with Gasteiger partial charge in [-0.3, -0.25) is 14.4 Å². The molecule has 1 saturated heterocycles. The summed E-state index contributed by atoms with van der Waals surface area (Å²) in [6, 6.07) is 0. The molecule has 0 saturated carbocycles. The molecular formula is C19H32N6O3. The van der Waals surface area contributed by atoms with E-state index in [2.05, 4.69) is 15.3 Å². The van der Waals surface area contributed by atoms with Crippen molar-refractivity contribution in [3.05, 3.63) is 16.3 Å². The molecule has 0 aromatic carbocycles. The maximum absolute atomic E-state index is 12.4. The summed E-state index contributed by atoms with van der Waals surface area (Å²) in [6.07, 6.45) is 5.40. The number of piperidine rings is 1. The van der Waals surface area contributed by atoms with Crippen molar-refractivity contribution in [2.45, 2.75) is 58.5 Å². The van der Waals surface area contributed by atoms with Gasteiger partial charge in [-0.25, -0.2) is 9.48 Å². The maximum atomic E-state index is 12.4. The van der Waals surface area contributed by atoms with Crippen molar-refractivity contribution >= 4 is 11.9 Å². The number of aliphatic imine (C=N–C) groups is 1. The number of ether oxygens (including phenoxy) is 1. The monoisotopic (exact) mass is 392 g/mol. The topological polar surface area (TPSA) is 93.8 Å². The molecule has 0 radical (unpaired) electrons. The van der Waals surface area contributed by atoms with Gasteiger partial charge in [0.05, 0.1) is 13.0 Å². The van der Waals surface area contributed by atoms with E-state index in [0.29, 0.717) is 13.1 Å². The standard InChI is InChI=1S/C19H32N6O3/c1-3-20-18(23-13-8-15(9-14-23)17(26)28-2)21-10-6-12-25-19(27)24-11-5-4-7-16(24)22-25/h15H,3-14H2,1-2H3,(H,20,21). The molecule has 1 aromatic heterocycles. The van der Waals surface area contributed by atoms with E-state index in [9.17, 15) is 9.59 Å². The molecule has 0 amide bonds. The molecule has 3 heterocycles. The highest BCUT2D eigenvalue weighted by Gasteiger charge is 2.26. The van der Waals surface area contributed by atoms with Gasteiger partial charge in [-0.05, 0) is 39.0 Å². The molecule has 0 spiro atoms. The van der Waals surface area contributed by atoms with E-state index in [0.717, 1.165) is 76.5 Å². The molecule has 0 aliphatic carbocycles. The SMILES string of the molecule is CCNC(=NCCCn1nc2n(c1=O)CCCC2)N1CCC(C(=O)OC)CC1. The Kier molecular flexibility index (Phi) is 7.11. The number of likely N-dealkylation sites (tertiary alicyclic amines) is 1. The van der Waals surface area contributed by atoms with Crippen LogP contribution in [0.4, 0.5) is 0 Å². The molecule has 156 valence electrons. The highest BCUT2D eigenvalue weighted by molar-refractivity contribution is 5.80. The Hall–Kier alpha value is -2.32. The van der Waals surface area contributed by atoms with E-state index < -0.39 is 0 Å². The van der Waals surface area contributed by atoms with Crippen LogP contribution in [-0.2, 0) is 29.0 Å². The highest BCUT2D eigenvalue weighted by atomic mass is 16.5. The molecule has 0 bridgehead atoms. The lowest BCUT2D eigenvalue weighted by atomic mass is 9.97. The summed E-state index contributed by atoms with van der Waals surface area (Å²) >= 11 is 0. The van der Waals surface area contributed by atoms with Crippen LogP contribution in [0.1, 0.15) is 44.9 Å². The number of hydrogen-bond acceptors (Lipinski definition) is 5. The average Bonchev–Trinajstić information content (AvgIpc) is 3.05. The Labute approximate surface area is 165 Å². The van der Waals surface area contributed by atoms with E-state index in [1.807, 2.05) is 11.5 Å². The second-order valence-corrected chi connectivity index (χ2v) is 7.40. The number of fused-ring (bicyclic) bond motifs is 1. The maximum Gasteiger partial charge on any atom is 0.345 e. The van der Waals surface area contributed by atoms with Crippen LogP contribution in [0.5, 0.6) is 0 Å². The largest absolute Gasteiger partial charge is 0.469 e. The Morgan fingerprint density at radius 1 is 1.29 bits per heavy atom. The predicted octanol–water partition coefficient (Wildman–Crippen LogP) is 0.622. The molecule has 9 nitrogen and oxygen atoms in total. The average molecular weight is 393 g/mol. The summed E-state index contributed by atoms with van der Waals surface area (Å²) < 4.78 is 8.25. The number of guanidine groups is 1. The second-order valence-electron chi connectivity index (χ2n) is 7.40. The summed E-state index contributed by atoms with van der Waals surface area (Å²) in [4.78, 5) is 31.0. The summed E-state index contributed by atoms with van der Waals surface area (Å²) in [5.41, 5.74) is 0.00969. The number of nitrogens with zero attached hydrogens (tertiary/aromatic N) is 5. The summed E-state index contributed by atoms with van der Waals surface area (Å²) in [7, 11) is 1.45. The van der Waals surface area contributed by atoms with Gasteiger partial charge >= 0.3 is 11.7 Å². The van der Waals surface area contributed by atoms with E-state index in [4.69, 9.17) is 9.73 Å². The van der Waals surface area contributed by atoms with Gasteiger partial charge < -0.3 is 15.0 Å². The summed E-state index contributed by atoms with van der Waals surface area (Å²) in [5.74, 6) is 1.67. The number of hydrogen-bond donors (Lipinski definition) is 1. The van der Waals surface area contributed by atoms with Crippen LogP contribution in [0.25, 0.3) is 0 Å². The van der Waals surface area contributed by atoms with Crippen LogP contribution in [0.3, 0.4) is 0 Å². The number of carbonyl (C=O) groups excluding carboxylic acids is 1. The Morgan fingerprint density at radius 2 is 2.07 bits per heavy atom. The van der Waals surface area contributed by atoms with Gasteiger partial charge in [-0.2, -0.15) is 5.10 Å². The van der Waals surface area contributed by atoms with Crippen molar-refractivity contribution in [3.8, 4) is 0 Å². The van der Waals surface area contributed by atoms with Crippen molar-refractivity contribution in [1.82, 2.24) is 24.6 Å². The van der Waals surface area contributed by atoms with Crippen molar-refractivity contribution in [2.24, 2.45) is 10.9 Å². The van der Waals surface area contributed by atoms with Crippen LogP contribution >= 0.6 is 0 Å². The fourth-order valence-electron chi connectivity index (χ4n) is 3.92. The molecule has 3 rings (SSSR count). The van der Waals surface area contributed by atoms with Crippen LogP contribution in [-0.4, -0.2) is 64.5 Å². The zero-order valence-corrected chi connectivity index (χ0v) is 17.0. The number of carbonyl (C=O) groups is 1. The molecular weight excluding hydrogens is 360 g/mol. The van der Waals surface area contributed by atoms with Gasteiger partial charge in [0.15, 0.2) is 5.96 Å². The van der Waals surface area contributed by atoms with Gasteiger partial charge in [0.1, 0.15) is 5.82 Å². The normalized spacial score (nSPS) is 18.1. The van der Waals surface area contributed by atoms with Gasteiger partial charge in [0.25, 0.3) is 0 Å². The Morgan fingerprint density at radius 3 is 2.75 bits per heavy atom. The zero-order chi connectivity index (χ0) is 19.9. The van der Waals surface area contributed by atoms with Gasteiger partial charge in [-0.15, -0.1) is 0 Å². The number of nitrogens with one attached hydrogen (secondary N) is 1. The predicted molar refractivity (Wildman–Crippen MR) is 106 cm³/mol. The molecule has 0 unspecified atom stereocenters. The smallest absolute Gasteiger partial charge is 0.345 e. The van der Waals surface area contributed by atoms with Gasteiger partial charge in [0.2, 0.25) is 0 Å². The van der Waals surface area contributed by atoms with Crippen LogP contribution in [0.15, 0.2) is 9.79 Å². The Balaban J connectivity index is 1.52. The van der Waals surface area contributed by atoms with E-state index in [1.165, 1.54) is 7.11 Å². The molecule has 1 fully saturated rings. The quantitative estimate of drug-likeness (QED) is 0.330. The first kappa shape index (κ1) is 20.4. The van der Waals surface area contributed by atoms with E-state index >= 15 is 0 Å². The molecule has 1 aromatic rings. The molecule has 1 N–H and O–H groups in total. The third-order valence-electron chi connectivity index (χ3n) is 5.49. The van der Waals surface area contributed by atoms with Crippen LogP contribution in [0, 0.1) is 5.92 Å². The van der Waals surface area contributed by atoms with Crippen molar-refractivity contribution in [1.29, 1.82) is 0 Å². The van der Waals surface area contributed by atoms with Crippen molar-refractivity contribution < 1.29 is 9.53 Å². The minimum atomic E-state index is -0.116. The lowest BCUT2D eigenvalue weighted by molar-refractivity contribution is -0.146. The zero-order valence-electron chi connectivity index (χ0n) is 17.0. The second kappa shape index (κ2) is 9.75. The third-order valence-corrected chi connectivity index (χ3v) is 5.49. The molecule has 2 aliphatic heterocycles. The van der Waals surface area contributed by atoms with Gasteiger partial charge in [-0.1, -0.05) is 0 Å². The number of methoxy groups -OCH3 is 1. The first-order valence-corrected chi connectivity index (χ1v) is 10.4. The third kappa shape index (κ3) is 4.74. The van der Waals surface area contributed by atoms with Crippen LogP contribution in [0.2, 0.25) is 0 Å². The van der Waals surface area contributed by atoms with Crippen molar-refractivity contribution in [2.75, 3.05) is 33.3 Å². The highest BCUT2D eigenvalue weighted by Crippen LogP contribution is 2.18. The molecule has 2 aliphatic rings. The minimum absolute atomic E-state index is 0.00969. The minimum Gasteiger partial charge on any atom is -0.469 e. The molecule has 9 heteroatoms. The first-order valence-electron chi connectivity index (χ1n) is 10.4.